The van der Waals surface area contributed by atoms with Crippen molar-refractivity contribution in [1.29, 1.82) is 0 Å². The van der Waals surface area contributed by atoms with Gasteiger partial charge in [0.2, 0.25) is 5.91 Å². The van der Waals surface area contributed by atoms with Crippen molar-refractivity contribution in [3.63, 3.8) is 0 Å². The van der Waals surface area contributed by atoms with E-state index in [1.807, 2.05) is 0 Å². The molecule has 3 N–H and O–H groups in total. The molecule has 1 aromatic heterocycles. The van der Waals surface area contributed by atoms with Gasteiger partial charge in [0.25, 0.3) is 11.8 Å². The zero-order valence-corrected chi connectivity index (χ0v) is 22.6. The molecule has 0 fully saturated rings. The van der Waals surface area contributed by atoms with Crippen LogP contribution >= 0.6 is 11.8 Å². The highest BCUT2D eigenvalue weighted by Gasteiger charge is 2.36. The molecule has 2 bridgehead atoms. The highest BCUT2D eigenvalue weighted by Crippen LogP contribution is 2.22. The lowest BCUT2D eigenvalue weighted by Gasteiger charge is -2.31. The predicted octanol–water partition coefficient (Wildman–Crippen LogP) is 2.40. The molecule has 11 heteroatoms. The summed E-state index contributed by atoms with van der Waals surface area (Å²) >= 11 is 1.18. The summed E-state index contributed by atoms with van der Waals surface area (Å²) in [6.07, 6.45) is 4.27. The van der Waals surface area contributed by atoms with Crippen molar-refractivity contribution >= 4 is 40.6 Å². The lowest BCUT2D eigenvalue weighted by atomic mass is 9.86. The summed E-state index contributed by atoms with van der Waals surface area (Å²) in [5.41, 5.74) is -0.273. The molecular weight excluding hydrogens is 496 g/mol. The number of nitrogens with zero attached hydrogens (tertiary/aromatic N) is 1. The molecule has 1 aliphatic heterocycles. The molecule has 0 spiro atoms. The fourth-order valence-corrected chi connectivity index (χ4v) is 3.86. The van der Waals surface area contributed by atoms with Gasteiger partial charge in [-0.15, -0.1) is 0 Å². The first-order chi connectivity index (χ1) is 17.4. The van der Waals surface area contributed by atoms with Gasteiger partial charge < -0.3 is 20.7 Å². The topological polar surface area (TPSA) is 144 Å². The molecule has 0 saturated heterocycles. The monoisotopic (exact) mass is 530 g/mol. The Bertz CT molecular complexity index is 1090. The number of rotatable bonds is 4. The van der Waals surface area contributed by atoms with Crippen molar-refractivity contribution in [1.82, 2.24) is 20.9 Å². The molecule has 0 aliphatic carbocycles. The van der Waals surface area contributed by atoms with Crippen LogP contribution in [0.25, 0.3) is 0 Å². The van der Waals surface area contributed by atoms with Gasteiger partial charge >= 0.3 is 5.97 Å². The number of carbonyl (C=O) groups excluding carboxylic acids is 5. The lowest BCUT2D eigenvalue weighted by Crippen LogP contribution is -2.52. The van der Waals surface area contributed by atoms with E-state index in [0.717, 1.165) is 0 Å². The third-order valence-electron chi connectivity index (χ3n) is 5.26. The summed E-state index contributed by atoms with van der Waals surface area (Å²) in [5.74, 6) is -1.83. The second-order valence-electron chi connectivity index (χ2n) is 9.46. The Morgan fingerprint density at radius 1 is 1.19 bits per heavy atom. The summed E-state index contributed by atoms with van der Waals surface area (Å²) in [5, 5.41) is 7.92. The molecule has 2 rings (SSSR count). The average molecular weight is 531 g/mol. The molecular formula is C26H34N4O6S. The number of amides is 3. The summed E-state index contributed by atoms with van der Waals surface area (Å²) in [6, 6.07) is 3.70. The van der Waals surface area contributed by atoms with E-state index in [1.165, 1.54) is 30.8 Å². The number of esters is 1. The largest absolute Gasteiger partial charge is 0.456 e. The fourth-order valence-electron chi connectivity index (χ4n) is 3.32. The van der Waals surface area contributed by atoms with Gasteiger partial charge in [0.1, 0.15) is 23.5 Å². The molecule has 0 radical (unpaired) electrons. The molecule has 1 aliphatic rings. The molecule has 0 saturated carbocycles. The van der Waals surface area contributed by atoms with Crippen molar-refractivity contribution in [3.05, 3.63) is 53.5 Å². The molecule has 37 heavy (non-hydrogen) atoms. The van der Waals surface area contributed by atoms with Crippen LogP contribution in [0.15, 0.2) is 42.1 Å². The van der Waals surface area contributed by atoms with Gasteiger partial charge in [-0.1, -0.05) is 50.8 Å². The van der Waals surface area contributed by atoms with Crippen LogP contribution in [-0.4, -0.2) is 51.7 Å². The number of allylic oxidation sites excluding steroid dienone is 2. The highest BCUT2D eigenvalue weighted by molar-refractivity contribution is 8.13. The lowest BCUT2D eigenvalue weighted by molar-refractivity contribution is -0.154. The van der Waals surface area contributed by atoms with E-state index >= 15 is 0 Å². The highest BCUT2D eigenvalue weighted by atomic mass is 32.2. The molecule has 10 nitrogen and oxygen atoms in total. The van der Waals surface area contributed by atoms with Crippen LogP contribution in [0.4, 0.5) is 0 Å². The first-order valence-corrected chi connectivity index (χ1v) is 12.9. The number of ether oxygens (including phenoxy) is 1. The van der Waals surface area contributed by atoms with Crippen LogP contribution in [0.2, 0.25) is 0 Å². The van der Waals surface area contributed by atoms with Crippen LogP contribution in [0.1, 0.15) is 63.6 Å². The van der Waals surface area contributed by atoms with Gasteiger partial charge in [0.15, 0.2) is 5.12 Å². The number of aromatic nitrogens is 1. The first-order valence-electron chi connectivity index (χ1n) is 11.9. The van der Waals surface area contributed by atoms with Crippen LogP contribution in [0.3, 0.4) is 0 Å². The maximum absolute atomic E-state index is 13.2. The third kappa shape index (κ3) is 9.83. The smallest absolute Gasteiger partial charge is 0.329 e. The SMILES string of the molecule is C/C=C1\NC(=O)c2cccc(n2)CNC(=O)C[C@@H](/C=C/CCSC(C)=O)OC(=O)C(C(C)(C)C)NC1=O. The number of hydrogen-bond donors (Lipinski definition) is 3. The second kappa shape index (κ2) is 13.7. The van der Waals surface area contributed by atoms with Gasteiger partial charge in [-0.2, -0.15) is 0 Å². The molecule has 1 aromatic rings. The maximum atomic E-state index is 13.2. The first kappa shape index (κ1) is 29.8. The summed E-state index contributed by atoms with van der Waals surface area (Å²) in [6.45, 7) is 8.41. The Balaban J connectivity index is 2.38. The number of thioether (sulfide) groups is 1. The van der Waals surface area contributed by atoms with Gasteiger partial charge in [0, 0.05) is 12.7 Å². The molecule has 2 atom stereocenters. The van der Waals surface area contributed by atoms with Crippen LogP contribution in [0, 0.1) is 5.41 Å². The average Bonchev–Trinajstić information content (AvgIpc) is 2.82. The number of pyridine rings is 1. The van der Waals surface area contributed by atoms with E-state index in [1.54, 1.807) is 52.0 Å². The second-order valence-corrected chi connectivity index (χ2v) is 10.7. The number of carbonyl (C=O) groups is 5. The van der Waals surface area contributed by atoms with Crippen molar-refractivity contribution in [2.24, 2.45) is 5.41 Å². The zero-order valence-electron chi connectivity index (χ0n) is 21.8. The Hall–Kier alpha value is -3.47. The summed E-state index contributed by atoms with van der Waals surface area (Å²) < 4.78 is 5.67. The zero-order chi connectivity index (χ0) is 27.6. The van der Waals surface area contributed by atoms with E-state index in [9.17, 15) is 24.0 Å². The molecule has 200 valence electrons. The van der Waals surface area contributed by atoms with Gasteiger partial charge in [-0.25, -0.2) is 9.78 Å². The minimum atomic E-state index is -1.08. The van der Waals surface area contributed by atoms with E-state index in [0.29, 0.717) is 17.9 Å². The molecule has 1 unspecified atom stereocenters. The Labute approximate surface area is 221 Å². The van der Waals surface area contributed by atoms with E-state index < -0.39 is 41.3 Å². The quantitative estimate of drug-likeness (QED) is 0.233. The van der Waals surface area contributed by atoms with E-state index in [-0.39, 0.29) is 29.5 Å². The van der Waals surface area contributed by atoms with Crippen molar-refractivity contribution in [2.75, 3.05) is 5.75 Å². The number of nitrogens with one attached hydrogen (secondary N) is 3. The number of fused-ring (bicyclic) bond motifs is 2. The summed E-state index contributed by atoms with van der Waals surface area (Å²) in [7, 11) is 0. The van der Waals surface area contributed by atoms with Crippen LogP contribution < -0.4 is 16.0 Å². The third-order valence-corrected chi connectivity index (χ3v) is 6.11. The van der Waals surface area contributed by atoms with Gasteiger partial charge in [-0.05, 0) is 37.0 Å². The van der Waals surface area contributed by atoms with Crippen molar-refractivity contribution in [3.8, 4) is 0 Å². The molecule has 3 amide bonds. The van der Waals surface area contributed by atoms with E-state index in [4.69, 9.17) is 4.74 Å². The minimum Gasteiger partial charge on any atom is -0.456 e. The van der Waals surface area contributed by atoms with Crippen molar-refractivity contribution < 1.29 is 28.7 Å². The Morgan fingerprint density at radius 3 is 2.57 bits per heavy atom. The van der Waals surface area contributed by atoms with Crippen LogP contribution in [0.5, 0.6) is 0 Å². The minimum absolute atomic E-state index is 0.00189. The Morgan fingerprint density at radius 2 is 1.92 bits per heavy atom. The van der Waals surface area contributed by atoms with Crippen LogP contribution in [-0.2, 0) is 30.5 Å². The molecule has 0 aromatic carbocycles. The standard InChI is InChI=1S/C26H34N4O6S/c1-6-19-23(33)30-22(26(3,4)5)25(35)36-18(11-7-8-13-37-16(2)31)14-21(32)27-15-17-10-9-12-20(28-17)24(34)29-19/h6-7,9-12,18,22H,8,13-15H2,1-5H3,(H,27,32)(H,29,34)(H,30,33)/b11-7+,19-6-/t18-,22?/m1/s1. The van der Waals surface area contributed by atoms with Crippen molar-refractivity contribution in [2.45, 2.75) is 66.2 Å². The van der Waals surface area contributed by atoms with Gasteiger partial charge in [0.05, 0.1) is 18.7 Å². The fraction of sp³-hybridized carbons (Fsp3) is 0.462. The number of hydrogen-bond acceptors (Lipinski definition) is 8. The predicted molar refractivity (Wildman–Crippen MR) is 140 cm³/mol. The number of cyclic esters (lactones) is 1. The summed E-state index contributed by atoms with van der Waals surface area (Å²) in [4.78, 5) is 67.0. The van der Waals surface area contributed by atoms with E-state index in [2.05, 4.69) is 20.9 Å². The molecule has 2 heterocycles. The van der Waals surface area contributed by atoms with Gasteiger partial charge in [-0.3, -0.25) is 19.2 Å². The Kier molecular flexibility index (Phi) is 11.0. The maximum Gasteiger partial charge on any atom is 0.329 e. The normalized spacial score (nSPS) is 21.3.